The fraction of sp³-hybridized carbons (Fsp3) is 0.125. The highest BCUT2D eigenvalue weighted by molar-refractivity contribution is 7.16. The van der Waals surface area contributed by atoms with Gasteiger partial charge in [-0.2, -0.15) is 5.10 Å². The van der Waals surface area contributed by atoms with Crippen LogP contribution in [-0.4, -0.2) is 39.7 Å². The number of aromatic nitrogens is 8. The first-order chi connectivity index (χ1) is 12.3. The van der Waals surface area contributed by atoms with E-state index in [0.717, 1.165) is 38.5 Å². The quantitative estimate of drug-likeness (QED) is 0.497. The Balaban J connectivity index is 1.56. The lowest BCUT2D eigenvalue weighted by molar-refractivity contribution is 0.654. The summed E-state index contributed by atoms with van der Waals surface area (Å²) in [6, 6.07) is 7.79. The van der Waals surface area contributed by atoms with Crippen molar-refractivity contribution in [1.82, 2.24) is 39.7 Å². The number of thiazole rings is 1. The molecule has 0 saturated carbocycles. The van der Waals surface area contributed by atoms with Gasteiger partial charge in [-0.3, -0.25) is 4.68 Å². The second kappa shape index (κ2) is 5.42. The van der Waals surface area contributed by atoms with E-state index < -0.39 is 0 Å². The molecule has 5 aromatic rings. The zero-order valence-electron chi connectivity index (χ0n) is 13.2. The van der Waals surface area contributed by atoms with Crippen molar-refractivity contribution < 1.29 is 0 Å². The lowest BCUT2D eigenvalue weighted by atomic mass is 10.2. The number of nitrogens with zero attached hydrogens (tertiary/aromatic N) is 8. The van der Waals surface area contributed by atoms with E-state index in [2.05, 4.69) is 25.4 Å². The van der Waals surface area contributed by atoms with Crippen LogP contribution >= 0.6 is 11.3 Å². The summed E-state index contributed by atoms with van der Waals surface area (Å²) in [7, 11) is 1.88. The van der Waals surface area contributed by atoms with Gasteiger partial charge in [0.05, 0.1) is 35.2 Å². The maximum Gasteiger partial charge on any atom is 0.179 e. The molecule has 8 nitrogen and oxygen atoms in total. The highest BCUT2D eigenvalue weighted by Crippen LogP contribution is 2.20. The number of hydrogen-bond donors (Lipinski definition) is 0. The molecule has 0 aliphatic heterocycles. The Morgan fingerprint density at radius 2 is 2.00 bits per heavy atom. The third-order valence-corrected chi connectivity index (χ3v) is 4.66. The fourth-order valence-corrected chi connectivity index (χ4v) is 3.38. The highest BCUT2D eigenvalue weighted by atomic mass is 32.1. The predicted molar refractivity (Wildman–Crippen MR) is 94.0 cm³/mol. The number of fused-ring (bicyclic) bond motifs is 2. The van der Waals surface area contributed by atoms with Crippen molar-refractivity contribution >= 4 is 32.8 Å². The maximum absolute atomic E-state index is 4.71. The van der Waals surface area contributed by atoms with E-state index in [1.165, 1.54) is 11.3 Å². The first-order valence-electron chi connectivity index (χ1n) is 7.65. The number of hydrogen-bond acceptors (Lipinski definition) is 7. The molecule has 25 heavy (non-hydrogen) atoms. The summed E-state index contributed by atoms with van der Waals surface area (Å²) in [6.45, 7) is 0.508. The van der Waals surface area contributed by atoms with Crippen LogP contribution in [0.1, 0.15) is 5.69 Å². The average Bonchev–Trinajstić information content (AvgIpc) is 3.34. The Morgan fingerprint density at radius 1 is 1.08 bits per heavy atom. The lowest BCUT2D eigenvalue weighted by Crippen LogP contribution is -2.04. The van der Waals surface area contributed by atoms with Crippen LogP contribution < -0.4 is 0 Å². The second-order valence-electron chi connectivity index (χ2n) is 5.67. The SMILES string of the molecule is Cn1cc(-c2ccc3nnn(Cc4ccc5ncsc5n4)c3n2)cn1. The van der Waals surface area contributed by atoms with Crippen molar-refractivity contribution in [3.8, 4) is 11.3 Å². The van der Waals surface area contributed by atoms with E-state index in [1.807, 2.05) is 37.5 Å². The Hall–Kier alpha value is -3.20. The minimum absolute atomic E-state index is 0.508. The molecule has 0 aromatic carbocycles. The van der Waals surface area contributed by atoms with Gasteiger partial charge in [0.1, 0.15) is 10.3 Å². The van der Waals surface area contributed by atoms with Gasteiger partial charge in [0.25, 0.3) is 0 Å². The molecular weight excluding hydrogens is 336 g/mol. The molecule has 0 amide bonds. The highest BCUT2D eigenvalue weighted by Gasteiger charge is 2.11. The molecule has 0 atom stereocenters. The maximum atomic E-state index is 4.71. The molecule has 0 unspecified atom stereocenters. The average molecular weight is 348 g/mol. The monoisotopic (exact) mass is 348 g/mol. The standard InChI is InChI=1S/C16H12N8S/c1-23-7-10(6-18-23)12-4-5-13-15(20-12)24(22-21-13)8-11-2-3-14-16(19-11)25-9-17-14/h2-7,9H,8H2,1H3. The first-order valence-corrected chi connectivity index (χ1v) is 8.53. The minimum atomic E-state index is 0.508. The van der Waals surface area contributed by atoms with Crippen LogP contribution in [0.2, 0.25) is 0 Å². The van der Waals surface area contributed by atoms with Gasteiger partial charge in [0.2, 0.25) is 0 Å². The fourth-order valence-electron chi connectivity index (χ4n) is 2.71. The van der Waals surface area contributed by atoms with E-state index in [0.29, 0.717) is 6.54 Å². The number of aryl methyl sites for hydroxylation is 1. The van der Waals surface area contributed by atoms with Gasteiger partial charge in [-0.25, -0.2) is 19.6 Å². The lowest BCUT2D eigenvalue weighted by Gasteiger charge is -2.02. The van der Waals surface area contributed by atoms with Crippen molar-refractivity contribution in [1.29, 1.82) is 0 Å². The molecule has 5 heterocycles. The van der Waals surface area contributed by atoms with Crippen molar-refractivity contribution in [2.45, 2.75) is 6.54 Å². The Labute approximate surface area is 145 Å². The summed E-state index contributed by atoms with van der Waals surface area (Å²) in [5, 5.41) is 12.6. The van der Waals surface area contributed by atoms with Crippen LogP contribution in [0, 0.1) is 0 Å². The summed E-state index contributed by atoms with van der Waals surface area (Å²) in [6.07, 6.45) is 3.73. The van der Waals surface area contributed by atoms with E-state index in [-0.39, 0.29) is 0 Å². The van der Waals surface area contributed by atoms with Crippen LogP contribution in [0.3, 0.4) is 0 Å². The molecule has 0 spiro atoms. The smallest absolute Gasteiger partial charge is 0.179 e. The predicted octanol–water partition coefficient (Wildman–Crippen LogP) is 2.28. The van der Waals surface area contributed by atoms with E-state index in [9.17, 15) is 0 Å². The Kier molecular flexibility index (Phi) is 3.07. The molecule has 5 aromatic heterocycles. The third-order valence-electron chi connectivity index (χ3n) is 3.93. The third kappa shape index (κ3) is 2.45. The number of pyridine rings is 2. The molecule has 0 saturated heterocycles. The van der Waals surface area contributed by atoms with Crippen LogP contribution in [0.15, 0.2) is 42.2 Å². The van der Waals surface area contributed by atoms with Crippen LogP contribution in [-0.2, 0) is 13.6 Å². The van der Waals surface area contributed by atoms with Crippen molar-refractivity contribution in [3.05, 3.63) is 47.9 Å². The van der Waals surface area contributed by atoms with E-state index in [4.69, 9.17) is 4.98 Å². The van der Waals surface area contributed by atoms with Crippen molar-refractivity contribution in [2.24, 2.45) is 7.05 Å². The van der Waals surface area contributed by atoms with Crippen LogP contribution in [0.25, 0.3) is 32.8 Å². The van der Waals surface area contributed by atoms with Gasteiger partial charge >= 0.3 is 0 Å². The van der Waals surface area contributed by atoms with E-state index >= 15 is 0 Å². The van der Waals surface area contributed by atoms with Gasteiger partial charge in [0, 0.05) is 18.8 Å². The number of rotatable bonds is 3. The van der Waals surface area contributed by atoms with E-state index in [1.54, 1.807) is 21.1 Å². The molecule has 0 radical (unpaired) electrons. The van der Waals surface area contributed by atoms with Gasteiger partial charge < -0.3 is 0 Å². The Bertz CT molecular complexity index is 1200. The first kappa shape index (κ1) is 14.2. The Morgan fingerprint density at radius 3 is 2.88 bits per heavy atom. The molecule has 122 valence electrons. The van der Waals surface area contributed by atoms with Gasteiger partial charge in [-0.1, -0.05) is 5.21 Å². The molecule has 9 heteroatoms. The van der Waals surface area contributed by atoms with Crippen LogP contribution in [0.4, 0.5) is 0 Å². The van der Waals surface area contributed by atoms with Crippen LogP contribution in [0.5, 0.6) is 0 Å². The molecule has 0 fully saturated rings. The zero-order valence-corrected chi connectivity index (χ0v) is 14.1. The summed E-state index contributed by atoms with van der Waals surface area (Å²) in [5.74, 6) is 0. The minimum Gasteiger partial charge on any atom is -0.275 e. The normalized spacial score (nSPS) is 11.6. The topological polar surface area (TPSA) is 87.2 Å². The zero-order chi connectivity index (χ0) is 16.8. The molecule has 5 rings (SSSR count). The van der Waals surface area contributed by atoms with Gasteiger partial charge in [-0.15, -0.1) is 16.4 Å². The van der Waals surface area contributed by atoms with Crippen molar-refractivity contribution in [3.63, 3.8) is 0 Å². The summed E-state index contributed by atoms with van der Waals surface area (Å²) < 4.78 is 3.52. The summed E-state index contributed by atoms with van der Waals surface area (Å²) in [5.41, 5.74) is 6.90. The van der Waals surface area contributed by atoms with Gasteiger partial charge in [0.15, 0.2) is 5.65 Å². The molecule has 0 aliphatic rings. The largest absolute Gasteiger partial charge is 0.275 e. The van der Waals surface area contributed by atoms with Crippen molar-refractivity contribution in [2.75, 3.05) is 0 Å². The summed E-state index contributed by atoms with van der Waals surface area (Å²) >= 11 is 1.53. The molecule has 0 N–H and O–H groups in total. The van der Waals surface area contributed by atoms with Gasteiger partial charge in [-0.05, 0) is 24.3 Å². The molecule has 0 aliphatic carbocycles. The second-order valence-corrected chi connectivity index (χ2v) is 6.50. The summed E-state index contributed by atoms with van der Waals surface area (Å²) in [4.78, 5) is 14.5. The molecule has 0 bridgehead atoms. The molecular formula is C16H12N8S.